The highest BCUT2D eigenvalue weighted by molar-refractivity contribution is 5.91. The summed E-state index contributed by atoms with van der Waals surface area (Å²) in [6, 6.07) is 7.93. The molecule has 0 fully saturated rings. The first-order chi connectivity index (χ1) is 8.78. The second-order valence-electron chi connectivity index (χ2n) is 5.50. The lowest BCUT2D eigenvalue weighted by atomic mass is 10.2. The van der Waals surface area contributed by atoms with Gasteiger partial charge in [-0.1, -0.05) is 12.1 Å². The Hall–Kier alpha value is -1.81. The van der Waals surface area contributed by atoms with E-state index in [1.54, 1.807) is 6.08 Å². The van der Waals surface area contributed by atoms with Crippen LogP contribution in [0.15, 0.2) is 30.3 Å². The van der Waals surface area contributed by atoms with Crippen LogP contribution in [-0.4, -0.2) is 25.6 Å². The van der Waals surface area contributed by atoms with Gasteiger partial charge in [0.05, 0.1) is 5.60 Å². The highest BCUT2D eigenvalue weighted by atomic mass is 16.7. The van der Waals surface area contributed by atoms with Crippen LogP contribution in [-0.2, 0) is 9.63 Å². The monoisotopic (exact) mass is 262 g/mol. The Kier molecular flexibility index (Phi) is 5.12. The standard InChI is InChI=1S/C15H22N2O2/c1-15(2,3)19-16-14(18)11-8-12-6-9-13(10-7-12)17(4)5/h6-11H,1-5H3,(H,16,18)/b11-8+. The molecule has 4 nitrogen and oxygen atoms in total. The van der Waals surface area contributed by atoms with E-state index in [9.17, 15) is 4.79 Å². The molecule has 0 radical (unpaired) electrons. The number of hydrogen-bond acceptors (Lipinski definition) is 3. The molecule has 0 atom stereocenters. The Balaban J connectivity index is 2.54. The molecule has 1 N–H and O–H groups in total. The third kappa shape index (κ3) is 6.06. The molecule has 0 aliphatic carbocycles. The van der Waals surface area contributed by atoms with Gasteiger partial charge in [0.2, 0.25) is 0 Å². The van der Waals surface area contributed by atoms with Crippen molar-refractivity contribution >= 4 is 17.7 Å². The van der Waals surface area contributed by atoms with Gasteiger partial charge in [-0.15, -0.1) is 0 Å². The molecule has 0 aliphatic heterocycles. The molecule has 0 bridgehead atoms. The molecule has 0 aliphatic rings. The zero-order valence-electron chi connectivity index (χ0n) is 12.2. The number of carbonyl (C=O) groups excluding carboxylic acids is 1. The summed E-state index contributed by atoms with van der Waals surface area (Å²) in [4.78, 5) is 18.7. The maximum absolute atomic E-state index is 11.5. The van der Waals surface area contributed by atoms with Crippen LogP contribution in [0.25, 0.3) is 6.08 Å². The van der Waals surface area contributed by atoms with E-state index in [-0.39, 0.29) is 5.91 Å². The van der Waals surface area contributed by atoms with Crippen LogP contribution < -0.4 is 10.4 Å². The zero-order chi connectivity index (χ0) is 14.5. The zero-order valence-corrected chi connectivity index (χ0v) is 12.2. The maximum Gasteiger partial charge on any atom is 0.267 e. The van der Waals surface area contributed by atoms with E-state index in [1.165, 1.54) is 6.08 Å². The third-order valence-corrected chi connectivity index (χ3v) is 2.29. The largest absolute Gasteiger partial charge is 0.378 e. The number of carbonyl (C=O) groups is 1. The van der Waals surface area contributed by atoms with Crippen molar-refractivity contribution in [3.63, 3.8) is 0 Å². The Morgan fingerprint density at radius 2 is 1.79 bits per heavy atom. The highest BCUT2D eigenvalue weighted by Gasteiger charge is 2.11. The number of benzene rings is 1. The number of rotatable bonds is 4. The van der Waals surface area contributed by atoms with Crippen molar-refractivity contribution in [1.29, 1.82) is 0 Å². The van der Waals surface area contributed by atoms with Crippen LogP contribution in [0.2, 0.25) is 0 Å². The molecule has 0 saturated carbocycles. The first kappa shape index (κ1) is 15.2. The van der Waals surface area contributed by atoms with E-state index in [0.717, 1.165) is 11.3 Å². The maximum atomic E-state index is 11.5. The number of anilines is 1. The van der Waals surface area contributed by atoms with E-state index in [4.69, 9.17) is 4.84 Å². The SMILES string of the molecule is CN(C)c1ccc(/C=C/C(=O)NOC(C)(C)C)cc1. The number of amides is 1. The molecule has 1 amide bonds. The summed E-state index contributed by atoms with van der Waals surface area (Å²) < 4.78 is 0. The minimum atomic E-state index is -0.392. The molecular weight excluding hydrogens is 240 g/mol. The average Bonchev–Trinajstić information content (AvgIpc) is 2.33. The summed E-state index contributed by atoms with van der Waals surface area (Å²) in [5.74, 6) is -0.272. The fourth-order valence-electron chi connectivity index (χ4n) is 1.29. The predicted octanol–water partition coefficient (Wildman–Crippen LogP) is 2.61. The van der Waals surface area contributed by atoms with Crippen LogP contribution in [0.5, 0.6) is 0 Å². The van der Waals surface area contributed by atoms with Crippen LogP contribution in [0, 0.1) is 0 Å². The molecule has 0 spiro atoms. The molecular formula is C15H22N2O2. The van der Waals surface area contributed by atoms with Crippen LogP contribution in [0.1, 0.15) is 26.3 Å². The Morgan fingerprint density at radius 1 is 1.21 bits per heavy atom. The number of nitrogens with zero attached hydrogens (tertiary/aromatic N) is 1. The van der Waals surface area contributed by atoms with Crippen LogP contribution in [0.4, 0.5) is 5.69 Å². The van der Waals surface area contributed by atoms with Crippen molar-refractivity contribution in [1.82, 2.24) is 5.48 Å². The van der Waals surface area contributed by atoms with Gasteiger partial charge in [-0.05, 0) is 44.5 Å². The van der Waals surface area contributed by atoms with Crippen molar-refractivity contribution in [3.05, 3.63) is 35.9 Å². The van der Waals surface area contributed by atoms with Crippen molar-refractivity contribution in [2.45, 2.75) is 26.4 Å². The molecule has 0 aromatic heterocycles. The van der Waals surface area contributed by atoms with Crippen LogP contribution >= 0.6 is 0 Å². The normalized spacial score (nSPS) is 11.6. The van der Waals surface area contributed by atoms with Gasteiger partial charge >= 0.3 is 0 Å². The van der Waals surface area contributed by atoms with E-state index < -0.39 is 5.60 Å². The van der Waals surface area contributed by atoms with E-state index >= 15 is 0 Å². The second kappa shape index (κ2) is 6.38. The van der Waals surface area contributed by atoms with E-state index in [2.05, 4.69) is 5.48 Å². The molecule has 1 aromatic carbocycles. The molecule has 19 heavy (non-hydrogen) atoms. The lowest BCUT2D eigenvalue weighted by Gasteiger charge is -2.18. The van der Waals surface area contributed by atoms with Gasteiger partial charge in [-0.3, -0.25) is 9.63 Å². The lowest BCUT2D eigenvalue weighted by Crippen LogP contribution is -2.32. The van der Waals surface area contributed by atoms with Crippen molar-refractivity contribution < 1.29 is 9.63 Å². The average molecular weight is 262 g/mol. The van der Waals surface area contributed by atoms with Gasteiger partial charge in [-0.25, -0.2) is 5.48 Å². The van der Waals surface area contributed by atoms with Gasteiger partial charge < -0.3 is 4.90 Å². The van der Waals surface area contributed by atoms with Gasteiger partial charge in [0, 0.05) is 25.9 Å². The minimum Gasteiger partial charge on any atom is -0.378 e. The summed E-state index contributed by atoms with van der Waals surface area (Å²) in [5.41, 5.74) is 4.09. The Labute approximate surface area is 115 Å². The van der Waals surface area contributed by atoms with Gasteiger partial charge in [0.1, 0.15) is 0 Å². The number of hydroxylamine groups is 1. The lowest BCUT2D eigenvalue weighted by molar-refractivity contribution is -0.140. The smallest absolute Gasteiger partial charge is 0.267 e. The summed E-state index contributed by atoms with van der Waals surface area (Å²) in [5, 5.41) is 0. The summed E-state index contributed by atoms with van der Waals surface area (Å²) in [6.45, 7) is 5.62. The number of hydrogen-bond donors (Lipinski definition) is 1. The second-order valence-corrected chi connectivity index (χ2v) is 5.50. The van der Waals surface area contributed by atoms with Crippen LogP contribution in [0.3, 0.4) is 0 Å². The van der Waals surface area contributed by atoms with Crippen molar-refractivity contribution in [3.8, 4) is 0 Å². The van der Waals surface area contributed by atoms with Gasteiger partial charge in [0.15, 0.2) is 0 Å². The molecule has 4 heteroatoms. The first-order valence-electron chi connectivity index (χ1n) is 6.21. The molecule has 1 aromatic rings. The van der Waals surface area contributed by atoms with E-state index in [1.807, 2.05) is 64.0 Å². The molecule has 0 unspecified atom stereocenters. The topological polar surface area (TPSA) is 41.6 Å². The first-order valence-corrected chi connectivity index (χ1v) is 6.21. The minimum absolute atomic E-state index is 0.272. The third-order valence-electron chi connectivity index (χ3n) is 2.29. The fraction of sp³-hybridized carbons (Fsp3) is 0.400. The summed E-state index contributed by atoms with van der Waals surface area (Å²) in [6.07, 6.45) is 3.21. The Bertz CT molecular complexity index is 442. The quantitative estimate of drug-likeness (QED) is 0.670. The fourth-order valence-corrected chi connectivity index (χ4v) is 1.29. The highest BCUT2D eigenvalue weighted by Crippen LogP contribution is 2.13. The molecule has 0 heterocycles. The van der Waals surface area contributed by atoms with E-state index in [0.29, 0.717) is 0 Å². The van der Waals surface area contributed by atoms with Gasteiger partial charge in [0.25, 0.3) is 5.91 Å². The number of nitrogens with one attached hydrogen (secondary N) is 1. The van der Waals surface area contributed by atoms with Crippen molar-refractivity contribution in [2.24, 2.45) is 0 Å². The summed E-state index contributed by atoms with van der Waals surface area (Å²) >= 11 is 0. The van der Waals surface area contributed by atoms with Gasteiger partial charge in [-0.2, -0.15) is 0 Å². The summed E-state index contributed by atoms with van der Waals surface area (Å²) in [7, 11) is 3.98. The van der Waals surface area contributed by atoms with Crippen molar-refractivity contribution in [2.75, 3.05) is 19.0 Å². The predicted molar refractivity (Wildman–Crippen MR) is 78.8 cm³/mol. The molecule has 104 valence electrons. The Morgan fingerprint density at radius 3 is 2.26 bits per heavy atom. The molecule has 0 saturated heterocycles. The molecule has 1 rings (SSSR count).